The maximum atomic E-state index is 12.8. The lowest BCUT2D eigenvalue weighted by molar-refractivity contribution is -0.113. The molecule has 3 aromatic carbocycles. The molecule has 2 aromatic heterocycles. The van der Waals surface area contributed by atoms with Crippen molar-refractivity contribution in [3.63, 3.8) is 0 Å². The number of H-pyrrole nitrogens is 1. The number of carbonyl (C=O) groups is 1. The van der Waals surface area contributed by atoms with E-state index in [-0.39, 0.29) is 11.7 Å². The lowest BCUT2D eigenvalue weighted by Gasteiger charge is -2.13. The third kappa shape index (κ3) is 4.96. The molecule has 1 amide bonds. The van der Waals surface area contributed by atoms with Gasteiger partial charge in [0.25, 0.3) is 0 Å². The lowest BCUT2D eigenvalue weighted by Crippen LogP contribution is -2.14. The zero-order chi connectivity index (χ0) is 24.2. The average molecular weight is 475 g/mol. The molecule has 5 aromatic rings. The van der Waals surface area contributed by atoms with Gasteiger partial charge in [-0.3, -0.25) is 4.79 Å². The Balaban J connectivity index is 1.45. The van der Waals surface area contributed by atoms with E-state index < -0.39 is 0 Å². The maximum Gasteiger partial charge on any atom is 0.234 e. The number of aryl methyl sites for hydroxylation is 1. The molecule has 0 fully saturated rings. The van der Waals surface area contributed by atoms with Crippen LogP contribution in [0.2, 0.25) is 0 Å². The summed E-state index contributed by atoms with van der Waals surface area (Å²) in [6.45, 7) is 2.03. The number of aromatic nitrogens is 2. The SMILES string of the molecule is Cc1ccc(-c2cc(-c3ccccc3)nc(SCC(=O)Nc3ccc4cc[nH]c4c3)c2C#N)cc1. The predicted octanol–water partition coefficient (Wildman–Crippen LogP) is 6.81. The molecule has 0 unspecified atom stereocenters. The Labute approximate surface area is 207 Å². The highest BCUT2D eigenvalue weighted by atomic mass is 32.2. The molecule has 2 N–H and O–H groups in total. The van der Waals surface area contributed by atoms with E-state index in [1.54, 1.807) is 0 Å². The van der Waals surface area contributed by atoms with Crippen molar-refractivity contribution in [1.82, 2.24) is 9.97 Å². The molecule has 0 radical (unpaired) electrons. The number of amides is 1. The van der Waals surface area contributed by atoms with Gasteiger partial charge in [-0.15, -0.1) is 0 Å². The molecule has 0 atom stereocenters. The topological polar surface area (TPSA) is 81.6 Å². The summed E-state index contributed by atoms with van der Waals surface area (Å²) in [6.07, 6.45) is 1.87. The highest BCUT2D eigenvalue weighted by Crippen LogP contribution is 2.34. The van der Waals surface area contributed by atoms with E-state index in [1.807, 2.05) is 98.0 Å². The minimum Gasteiger partial charge on any atom is -0.361 e. The van der Waals surface area contributed by atoms with Gasteiger partial charge in [0.05, 0.1) is 17.0 Å². The fourth-order valence-corrected chi connectivity index (χ4v) is 4.71. The summed E-state index contributed by atoms with van der Waals surface area (Å²) in [7, 11) is 0. The van der Waals surface area contributed by atoms with Gasteiger partial charge >= 0.3 is 0 Å². The molecule has 170 valence electrons. The lowest BCUT2D eigenvalue weighted by atomic mass is 9.98. The number of hydrogen-bond acceptors (Lipinski definition) is 4. The quantitative estimate of drug-likeness (QED) is 0.265. The number of fused-ring (bicyclic) bond motifs is 1. The first-order valence-corrected chi connectivity index (χ1v) is 12.2. The summed E-state index contributed by atoms with van der Waals surface area (Å²) in [4.78, 5) is 20.7. The molecule has 5 rings (SSSR count). The van der Waals surface area contributed by atoms with Gasteiger partial charge < -0.3 is 10.3 Å². The molecule has 5 nitrogen and oxygen atoms in total. The minimum absolute atomic E-state index is 0.135. The Kier molecular flexibility index (Phi) is 6.34. The second-order valence-electron chi connectivity index (χ2n) is 8.20. The number of hydrogen-bond donors (Lipinski definition) is 2. The molecule has 0 spiro atoms. The van der Waals surface area contributed by atoms with Crippen molar-refractivity contribution in [2.45, 2.75) is 11.9 Å². The molecule has 2 heterocycles. The van der Waals surface area contributed by atoms with E-state index in [4.69, 9.17) is 4.98 Å². The van der Waals surface area contributed by atoms with E-state index in [0.29, 0.717) is 10.6 Å². The largest absolute Gasteiger partial charge is 0.361 e. The number of nitrogens with one attached hydrogen (secondary N) is 2. The first-order valence-electron chi connectivity index (χ1n) is 11.2. The monoisotopic (exact) mass is 474 g/mol. The van der Waals surface area contributed by atoms with Crippen LogP contribution in [0.5, 0.6) is 0 Å². The van der Waals surface area contributed by atoms with E-state index in [0.717, 1.165) is 44.5 Å². The predicted molar refractivity (Wildman–Crippen MR) is 142 cm³/mol. The van der Waals surface area contributed by atoms with Gasteiger partial charge in [-0.05, 0) is 42.1 Å². The number of thioether (sulfide) groups is 1. The number of nitrogens with zero attached hydrogens (tertiary/aromatic N) is 2. The van der Waals surface area contributed by atoms with E-state index >= 15 is 0 Å². The molecule has 35 heavy (non-hydrogen) atoms. The highest BCUT2D eigenvalue weighted by Gasteiger charge is 2.17. The number of nitriles is 1. The van der Waals surface area contributed by atoms with Gasteiger partial charge in [0.15, 0.2) is 0 Å². The van der Waals surface area contributed by atoms with Gasteiger partial charge in [0.1, 0.15) is 11.1 Å². The summed E-state index contributed by atoms with van der Waals surface area (Å²) in [5.74, 6) is -0.0238. The van der Waals surface area contributed by atoms with Crippen LogP contribution in [0.25, 0.3) is 33.3 Å². The van der Waals surface area contributed by atoms with Crippen LogP contribution in [0.15, 0.2) is 96.2 Å². The molecule has 0 aliphatic carbocycles. The van der Waals surface area contributed by atoms with Crippen LogP contribution in [-0.2, 0) is 4.79 Å². The second kappa shape index (κ2) is 9.88. The smallest absolute Gasteiger partial charge is 0.234 e. The zero-order valence-electron chi connectivity index (χ0n) is 19.1. The minimum atomic E-state index is -0.159. The molecular formula is C29H22N4OS. The van der Waals surface area contributed by atoms with E-state index in [2.05, 4.69) is 16.4 Å². The van der Waals surface area contributed by atoms with Crippen molar-refractivity contribution in [3.05, 3.63) is 102 Å². The number of rotatable bonds is 6. The molecule has 6 heteroatoms. The van der Waals surface area contributed by atoms with Crippen LogP contribution in [-0.4, -0.2) is 21.6 Å². The van der Waals surface area contributed by atoms with Gasteiger partial charge in [-0.2, -0.15) is 5.26 Å². The first kappa shape index (κ1) is 22.5. The molecule has 0 aliphatic heterocycles. The van der Waals surface area contributed by atoms with Crippen LogP contribution < -0.4 is 5.32 Å². The summed E-state index contributed by atoms with van der Waals surface area (Å²) in [6, 6.07) is 29.9. The van der Waals surface area contributed by atoms with Crippen LogP contribution in [0.3, 0.4) is 0 Å². The third-order valence-corrected chi connectivity index (χ3v) is 6.68. The van der Waals surface area contributed by atoms with Crippen molar-refractivity contribution in [1.29, 1.82) is 5.26 Å². The van der Waals surface area contributed by atoms with Crippen LogP contribution in [0.4, 0.5) is 5.69 Å². The highest BCUT2D eigenvalue weighted by molar-refractivity contribution is 8.00. The number of pyridine rings is 1. The van der Waals surface area contributed by atoms with Crippen LogP contribution in [0, 0.1) is 18.3 Å². The third-order valence-electron chi connectivity index (χ3n) is 5.71. The van der Waals surface area contributed by atoms with Crippen molar-refractivity contribution in [2.24, 2.45) is 0 Å². The summed E-state index contributed by atoms with van der Waals surface area (Å²) < 4.78 is 0. The maximum absolute atomic E-state index is 12.8. The Hall–Kier alpha value is -4.34. The number of anilines is 1. The Morgan fingerprint density at radius 3 is 2.57 bits per heavy atom. The average Bonchev–Trinajstić information content (AvgIpc) is 3.36. The summed E-state index contributed by atoms with van der Waals surface area (Å²) in [5, 5.41) is 14.6. The van der Waals surface area contributed by atoms with Gasteiger partial charge in [-0.25, -0.2) is 4.98 Å². The number of carbonyl (C=O) groups excluding carboxylic acids is 1. The van der Waals surface area contributed by atoms with Crippen molar-refractivity contribution >= 4 is 34.3 Å². The zero-order valence-corrected chi connectivity index (χ0v) is 19.9. The summed E-state index contributed by atoms with van der Waals surface area (Å²) in [5.41, 5.74) is 6.77. The molecule has 0 saturated heterocycles. The fraction of sp³-hybridized carbons (Fsp3) is 0.0690. The van der Waals surface area contributed by atoms with E-state index in [9.17, 15) is 10.1 Å². The van der Waals surface area contributed by atoms with Gasteiger partial charge in [0, 0.05) is 28.5 Å². The Morgan fingerprint density at radius 2 is 1.80 bits per heavy atom. The second-order valence-corrected chi connectivity index (χ2v) is 9.16. The molecule has 0 saturated carbocycles. The fourth-order valence-electron chi connectivity index (χ4n) is 3.91. The van der Waals surface area contributed by atoms with Gasteiger partial charge in [-0.1, -0.05) is 78.0 Å². The normalized spacial score (nSPS) is 10.7. The first-order chi connectivity index (χ1) is 17.1. The van der Waals surface area contributed by atoms with E-state index in [1.165, 1.54) is 11.8 Å². The van der Waals surface area contributed by atoms with Gasteiger partial charge in [0.2, 0.25) is 5.91 Å². The number of benzene rings is 3. The Bertz CT molecular complexity index is 1550. The Morgan fingerprint density at radius 1 is 1.00 bits per heavy atom. The summed E-state index contributed by atoms with van der Waals surface area (Å²) >= 11 is 1.27. The molecule has 0 bridgehead atoms. The van der Waals surface area contributed by atoms with Crippen molar-refractivity contribution in [3.8, 4) is 28.5 Å². The number of aromatic amines is 1. The molecule has 0 aliphatic rings. The van der Waals surface area contributed by atoms with Crippen molar-refractivity contribution in [2.75, 3.05) is 11.1 Å². The standard InChI is InChI=1S/C29H22N4OS/c1-19-7-9-20(10-8-19)24-16-27(21-5-3-2-4-6-21)33-29(25(24)17-30)35-18-28(34)32-23-12-11-22-13-14-31-26(22)15-23/h2-16,31H,18H2,1H3,(H,32,34). The van der Waals surface area contributed by atoms with Crippen LogP contribution in [0.1, 0.15) is 11.1 Å². The molecular weight excluding hydrogens is 452 g/mol. The van der Waals surface area contributed by atoms with Crippen LogP contribution >= 0.6 is 11.8 Å². The van der Waals surface area contributed by atoms with Crippen molar-refractivity contribution < 1.29 is 4.79 Å².